The fourth-order valence-electron chi connectivity index (χ4n) is 2.93. The fourth-order valence-corrected chi connectivity index (χ4v) is 2.93. The second-order valence-corrected chi connectivity index (χ2v) is 5.67. The zero-order chi connectivity index (χ0) is 14.9. The second kappa shape index (κ2) is 5.45. The van der Waals surface area contributed by atoms with Crippen molar-refractivity contribution in [3.63, 3.8) is 0 Å². The third kappa shape index (κ3) is 2.90. The average Bonchev–Trinajstić information content (AvgIpc) is 2.47. The molecule has 110 valence electrons. The van der Waals surface area contributed by atoms with Crippen LogP contribution in [0.2, 0.25) is 0 Å². The number of hydrogen-bond donors (Lipinski definition) is 1. The Morgan fingerprint density at radius 1 is 1.05 bits per heavy atom. The number of nitrogens with zero attached hydrogens (tertiary/aromatic N) is 1. The van der Waals surface area contributed by atoms with Gasteiger partial charge in [0.25, 0.3) is 0 Å². The van der Waals surface area contributed by atoms with Crippen molar-refractivity contribution in [2.24, 2.45) is 0 Å². The van der Waals surface area contributed by atoms with Crippen molar-refractivity contribution in [3.8, 4) is 0 Å². The lowest BCUT2D eigenvalue weighted by Crippen LogP contribution is -2.56. The van der Waals surface area contributed by atoms with Crippen molar-refractivity contribution >= 4 is 5.69 Å². The van der Waals surface area contributed by atoms with Gasteiger partial charge in [0.05, 0.1) is 5.54 Å². The van der Waals surface area contributed by atoms with Crippen LogP contribution in [0.5, 0.6) is 0 Å². The van der Waals surface area contributed by atoms with Crippen LogP contribution in [0.4, 0.5) is 14.5 Å². The molecular formula is C17H18F2N2. The summed E-state index contributed by atoms with van der Waals surface area (Å²) in [4.78, 5) is 2.02. The molecule has 0 amide bonds. The Hall–Kier alpha value is -1.94. The summed E-state index contributed by atoms with van der Waals surface area (Å²) in [6.45, 7) is 4.28. The van der Waals surface area contributed by atoms with E-state index in [0.717, 1.165) is 19.2 Å². The minimum atomic E-state index is -0.537. The maximum atomic E-state index is 13.4. The summed E-state index contributed by atoms with van der Waals surface area (Å²) >= 11 is 0. The van der Waals surface area contributed by atoms with Crippen molar-refractivity contribution in [1.82, 2.24) is 5.32 Å². The first-order chi connectivity index (χ1) is 10.1. The van der Waals surface area contributed by atoms with Gasteiger partial charge in [0.1, 0.15) is 11.6 Å². The number of piperazine rings is 1. The minimum Gasteiger partial charge on any atom is -0.368 e. The highest BCUT2D eigenvalue weighted by molar-refractivity contribution is 5.49. The molecule has 2 nitrogen and oxygen atoms in total. The van der Waals surface area contributed by atoms with E-state index < -0.39 is 11.6 Å². The highest BCUT2D eigenvalue weighted by Gasteiger charge is 2.32. The Balaban J connectivity index is 1.89. The molecule has 0 bridgehead atoms. The summed E-state index contributed by atoms with van der Waals surface area (Å²) < 4.78 is 26.8. The van der Waals surface area contributed by atoms with E-state index in [-0.39, 0.29) is 5.54 Å². The van der Waals surface area contributed by atoms with Crippen molar-refractivity contribution < 1.29 is 8.78 Å². The Morgan fingerprint density at radius 2 is 1.71 bits per heavy atom. The highest BCUT2D eigenvalue weighted by atomic mass is 19.1. The molecule has 1 heterocycles. The Bertz CT molecular complexity index is 610. The van der Waals surface area contributed by atoms with Gasteiger partial charge in [-0.1, -0.05) is 30.3 Å². The number of nitrogens with one attached hydrogen (secondary N) is 1. The van der Waals surface area contributed by atoms with E-state index in [1.807, 2.05) is 23.1 Å². The first-order valence-electron chi connectivity index (χ1n) is 7.08. The van der Waals surface area contributed by atoms with Crippen LogP contribution in [0, 0.1) is 11.6 Å². The first-order valence-corrected chi connectivity index (χ1v) is 7.08. The molecule has 1 fully saturated rings. The van der Waals surface area contributed by atoms with E-state index in [0.29, 0.717) is 12.2 Å². The quantitative estimate of drug-likeness (QED) is 0.912. The van der Waals surface area contributed by atoms with E-state index >= 15 is 0 Å². The molecule has 0 saturated carbocycles. The topological polar surface area (TPSA) is 15.3 Å². The predicted octanol–water partition coefficient (Wildman–Crippen LogP) is 3.29. The van der Waals surface area contributed by atoms with Crippen LogP contribution in [0.3, 0.4) is 0 Å². The van der Waals surface area contributed by atoms with E-state index in [9.17, 15) is 8.78 Å². The van der Waals surface area contributed by atoms with E-state index in [1.165, 1.54) is 17.7 Å². The lowest BCUT2D eigenvalue weighted by molar-refractivity contribution is 0.331. The second-order valence-electron chi connectivity index (χ2n) is 5.67. The van der Waals surface area contributed by atoms with Crippen molar-refractivity contribution in [1.29, 1.82) is 0 Å². The van der Waals surface area contributed by atoms with Crippen LogP contribution < -0.4 is 10.2 Å². The van der Waals surface area contributed by atoms with Gasteiger partial charge in [-0.3, -0.25) is 0 Å². The maximum Gasteiger partial charge on any atom is 0.128 e. The number of hydrogen-bond acceptors (Lipinski definition) is 2. The molecule has 1 N–H and O–H groups in total. The van der Waals surface area contributed by atoms with Gasteiger partial charge in [-0.25, -0.2) is 8.78 Å². The Kier molecular flexibility index (Phi) is 3.64. The third-order valence-corrected chi connectivity index (χ3v) is 4.03. The highest BCUT2D eigenvalue weighted by Crippen LogP contribution is 2.28. The summed E-state index contributed by atoms with van der Waals surface area (Å²) in [6, 6.07) is 13.8. The molecule has 1 unspecified atom stereocenters. The van der Waals surface area contributed by atoms with Crippen LogP contribution in [0.15, 0.2) is 48.5 Å². The lowest BCUT2D eigenvalue weighted by atomic mass is 9.89. The third-order valence-electron chi connectivity index (χ3n) is 4.03. The van der Waals surface area contributed by atoms with E-state index in [2.05, 4.69) is 24.4 Å². The predicted molar refractivity (Wildman–Crippen MR) is 80.4 cm³/mol. The lowest BCUT2D eigenvalue weighted by Gasteiger charge is -2.43. The zero-order valence-electron chi connectivity index (χ0n) is 11.9. The van der Waals surface area contributed by atoms with Gasteiger partial charge in [0, 0.05) is 31.4 Å². The maximum absolute atomic E-state index is 13.4. The molecule has 1 atom stereocenters. The van der Waals surface area contributed by atoms with Gasteiger partial charge in [-0.2, -0.15) is 0 Å². The monoisotopic (exact) mass is 288 g/mol. The smallest absolute Gasteiger partial charge is 0.128 e. The molecule has 1 aliphatic rings. The molecule has 4 heteroatoms. The molecule has 1 saturated heterocycles. The summed E-state index contributed by atoms with van der Waals surface area (Å²) in [6.07, 6.45) is 0. The summed E-state index contributed by atoms with van der Waals surface area (Å²) in [5.74, 6) is -1.07. The number of anilines is 1. The normalized spacial score (nSPS) is 22.3. The average molecular weight is 288 g/mol. The molecule has 3 rings (SSSR count). The summed E-state index contributed by atoms with van der Waals surface area (Å²) in [7, 11) is 0. The van der Waals surface area contributed by atoms with Crippen LogP contribution >= 0.6 is 0 Å². The summed E-state index contributed by atoms with van der Waals surface area (Å²) in [5.41, 5.74) is 1.53. The van der Waals surface area contributed by atoms with Crippen molar-refractivity contribution in [2.75, 3.05) is 24.5 Å². The van der Waals surface area contributed by atoms with Gasteiger partial charge in [0.15, 0.2) is 0 Å². The van der Waals surface area contributed by atoms with Gasteiger partial charge in [-0.05, 0) is 24.6 Å². The van der Waals surface area contributed by atoms with Crippen LogP contribution in [-0.2, 0) is 5.54 Å². The summed E-state index contributed by atoms with van der Waals surface area (Å²) in [5, 5.41) is 3.51. The molecular weight excluding hydrogens is 270 g/mol. The molecule has 0 aliphatic carbocycles. The number of halogens is 2. The van der Waals surface area contributed by atoms with E-state index in [1.54, 1.807) is 0 Å². The van der Waals surface area contributed by atoms with Crippen molar-refractivity contribution in [3.05, 3.63) is 65.7 Å². The van der Waals surface area contributed by atoms with Crippen molar-refractivity contribution in [2.45, 2.75) is 12.5 Å². The number of rotatable bonds is 2. The largest absolute Gasteiger partial charge is 0.368 e. The van der Waals surface area contributed by atoms with Gasteiger partial charge in [0.2, 0.25) is 0 Å². The zero-order valence-corrected chi connectivity index (χ0v) is 11.9. The molecule has 0 spiro atoms. The standard InChI is InChI=1S/C17H18F2N2/c1-17(13-5-3-2-4-6-13)12-21(8-7-20-17)16-10-14(18)9-15(19)11-16/h2-6,9-11,20H,7-8,12H2,1H3. The Labute approximate surface area is 123 Å². The molecule has 21 heavy (non-hydrogen) atoms. The molecule has 0 radical (unpaired) electrons. The van der Waals surface area contributed by atoms with Gasteiger partial charge < -0.3 is 10.2 Å². The van der Waals surface area contributed by atoms with Crippen LogP contribution in [0.25, 0.3) is 0 Å². The Morgan fingerprint density at radius 3 is 2.38 bits per heavy atom. The number of benzene rings is 2. The molecule has 0 aromatic heterocycles. The van der Waals surface area contributed by atoms with E-state index in [4.69, 9.17) is 0 Å². The SMILES string of the molecule is CC1(c2ccccc2)CN(c2cc(F)cc(F)c2)CCN1. The van der Waals surface area contributed by atoms with Crippen LogP contribution in [-0.4, -0.2) is 19.6 Å². The molecule has 2 aromatic rings. The molecule has 2 aromatic carbocycles. The first kappa shape index (κ1) is 14.0. The van der Waals surface area contributed by atoms with Gasteiger partial charge >= 0.3 is 0 Å². The van der Waals surface area contributed by atoms with Crippen LogP contribution in [0.1, 0.15) is 12.5 Å². The van der Waals surface area contributed by atoms with Gasteiger partial charge in [-0.15, -0.1) is 0 Å². The minimum absolute atomic E-state index is 0.234. The molecule has 1 aliphatic heterocycles. The fraction of sp³-hybridized carbons (Fsp3) is 0.294.